The van der Waals surface area contributed by atoms with Gasteiger partial charge >= 0.3 is 0 Å². The van der Waals surface area contributed by atoms with Gasteiger partial charge in [-0.25, -0.2) is 23.1 Å². The summed E-state index contributed by atoms with van der Waals surface area (Å²) in [6.45, 7) is 4.08. The van der Waals surface area contributed by atoms with E-state index in [0.717, 1.165) is 55.3 Å². The van der Waals surface area contributed by atoms with Crippen LogP contribution in [0.3, 0.4) is 0 Å². The highest BCUT2D eigenvalue weighted by molar-refractivity contribution is 5.86. The molecule has 10 nitrogen and oxygen atoms in total. The van der Waals surface area contributed by atoms with E-state index in [0.29, 0.717) is 13.0 Å². The van der Waals surface area contributed by atoms with Crippen LogP contribution in [0.2, 0.25) is 0 Å². The summed E-state index contributed by atoms with van der Waals surface area (Å²) >= 11 is 0. The first kappa shape index (κ1) is 31.0. The number of rotatable bonds is 8. The number of hydrogen-bond acceptors (Lipinski definition) is 9. The second kappa shape index (κ2) is 12.1. The molecule has 0 spiro atoms. The van der Waals surface area contributed by atoms with Crippen LogP contribution in [0.15, 0.2) is 42.6 Å². The monoisotopic (exact) mass is 624 g/mol. The number of likely N-dealkylation sites (tertiary alicyclic amines) is 1. The molecule has 0 saturated carbocycles. The van der Waals surface area contributed by atoms with Gasteiger partial charge in [-0.3, -0.25) is 4.90 Å². The number of aryl methyl sites for hydroxylation is 1. The maximum absolute atomic E-state index is 16.0. The van der Waals surface area contributed by atoms with Crippen molar-refractivity contribution >= 4 is 28.2 Å². The molecular weight excluding hydrogens is 587 g/mol. The minimum Gasteiger partial charge on any atom is -0.485 e. The van der Waals surface area contributed by atoms with E-state index in [1.165, 1.54) is 12.3 Å². The van der Waals surface area contributed by atoms with Crippen molar-refractivity contribution in [1.82, 2.24) is 24.7 Å². The molecule has 0 amide bonds. The van der Waals surface area contributed by atoms with Gasteiger partial charge in [0.25, 0.3) is 5.69 Å². The molecule has 238 valence electrons. The van der Waals surface area contributed by atoms with Crippen molar-refractivity contribution in [3.63, 3.8) is 0 Å². The molecule has 3 aromatic carbocycles. The molecule has 0 radical (unpaired) electrons. The molecule has 4 aromatic rings. The largest absolute Gasteiger partial charge is 0.485 e. The van der Waals surface area contributed by atoms with Gasteiger partial charge in [-0.2, -0.15) is 5.43 Å². The van der Waals surface area contributed by atoms with Gasteiger partial charge in [0.15, 0.2) is 11.6 Å². The fraction of sp³-hybridized carbons (Fsp3) is 0.375. The number of piperidine rings is 1. The molecule has 4 N–H and O–H groups in total. The van der Waals surface area contributed by atoms with Crippen LogP contribution in [0.4, 0.5) is 30.5 Å². The molecule has 2 aliphatic rings. The lowest BCUT2D eigenvalue weighted by molar-refractivity contribution is -0.273. The molecule has 6 rings (SSSR count). The molecule has 3 heterocycles. The van der Waals surface area contributed by atoms with Crippen molar-refractivity contribution < 1.29 is 28.3 Å². The summed E-state index contributed by atoms with van der Waals surface area (Å²) in [5, 5.41) is 25.9. The van der Waals surface area contributed by atoms with E-state index in [9.17, 15) is 10.4 Å². The summed E-state index contributed by atoms with van der Waals surface area (Å²) in [4.78, 5) is 10.9. The number of quaternary nitrogens is 1. The molecule has 13 heteroatoms. The van der Waals surface area contributed by atoms with Crippen molar-refractivity contribution in [2.24, 2.45) is 0 Å². The lowest BCUT2D eigenvalue weighted by Gasteiger charge is -2.29. The summed E-state index contributed by atoms with van der Waals surface area (Å²) in [6, 6.07) is 7.96. The van der Waals surface area contributed by atoms with E-state index in [2.05, 4.69) is 32.7 Å². The van der Waals surface area contributed by atoms with Crippen LogP contribution < -0.4 is 20.4 Å². The summed E-state index contributed by atoms with van der Waals surface area (Å²) < 4.78 is 52.4. The Hall–Kier alpha value is -4.01. The molecule has 0 aliphatic carbocycles. The Morgan fingerprint density at radius 2 is 1.82 bits per heavy atom. The lowest BCUT2D eigenvalue weighted by Crippen LogP contribution is -2.48. The number of halogens is 3. The van der Waals surface area contributed by atoms with Crippen LogP contribution in [-0.2, 0) is 6.42 Å². The Morgan fingerprint density at radius 1 is 1.07 bits per heavy atom. The van der Waals surface area contributed by atoms with Gasteiger partial charge in [0.2, 0.25) is 5.95 Å². The summed E-state index contributed by atoms with van der Waals surface area (Å²) in [7, 11) is 5.84. The Labute approximate surface area is 259 Å². The normalized spacial score (nSPS) is 17.5. The smallest absolute Gasteiger partial charge is 0.269 e. The first-order valence-corrected chi connectivity index (χ1v) is 14.9. The second-order valence-electron chi connectivity index (χ2n) is 12.0. The molecule has 1 aromatic heterocycles. The van der Waals surface area contributed by atoms with E-state index in [-0.39, 0.29) is 45.9 Å². The SMILES string of the molecule is CCc1cc2c(c([N+](O)(O)Nc3ccc(F)c(-c4cc(F)c5nc(NC6CCN(C)CC6)ncc5c4)c3F)c1)OCC2N(C)C. The Kier molecular flexibility index (Phi) is 8.31. The van der Waals surface area contributed by atoms with Gasteiger partial charge in [0, 0.05) is 29.3 Å². The number of nitrogens with one attached hydrogen (secondary N) is 2. The number of aromatic nitrogens is 2. The molecule has 1 atom stereocenters. The van der Waals surface area contributed by atoms with E-state index >= 15 is 13.2 Å². The molecule has 45 heavy (non-hydrogen) atoms. The van der Waals surface area contributed by atoms with Crippen LogP contribution >= 0.6 is 0 Å². The molecule has 0 bridgehead atoms. The Bertz CT molecular complexity index is 1750. The highest BCUT2D eigenvalue weighted by Gasteiger charge is 2.40. The molecular formula is C32H37F3N7O3+. The van der Waals surface area contributed by atoms with Gasteiger partial charge in [-0.15, -0.1) is 10.4 Å². The van der Waals surface area contributed by atoms with Crippen LogP contribution in [0, 0.1) is 17.5 Å². The van der Waals surface area contributed by atoms with Gasteiger partial charge in [0.1, 0.15) is 29.4 Å². The maximum atomic E-state index is 16.0. The number of nitrogens with zero attached hydrogens (tertiary/aromatic N) is 5. The first-order valence-electron chi connectivity index (χ1n) is 14.9. The van der Waals surface area contributed by atoms with Crippen molar-refractivity contribution in [3.05, 3.63) is 71.2 Å². The maximum Gasteiger partial charge on any atom is 0.269 e. The topological polar surface area (TPSA) is 106 Å². The van der Waals surface area contributed by atoms with E-state index in [1.807, 2.05) is 32.0 Å². The number of likely N-dealkylation sites (N-methyl/N-ethyl adjacent to an activating group) is 1. The lowest BCUT2D eigenvalue weighted by atomic mass is 10.0. The minimum absolute atomic E-state index is 0.0152. The number of benzene rings is 3. The van der Waals surface area contributed by atoms with E-state index < -0.39 is 33.6 Å². The van der Waals surface area contributed by atoms with E-state index in [4.69, 9.17) is 4.74 Å². The predicted molar refractivity (Wildman–Crippen MR) is 166 cm³/mol. The average Bonchev–Trinajstić information content (AvgIpc) is 3.44. The Morgan fingerprint density at radius 3 is 2.53 bits per heavy atom. The third kappa shape index (κ3) is 6.01. The van der Waals surface area contributed by atoms with Crippen molar-refractivity contribution in [3.8, 4) is 16.9 Å². The molecule has 1 unspecified atom stereocenters. The van der Waals surface area contributed by atoms with Gasteiger partial charge in [-0.1, -0.05) is 6.92 Å². The van der Waals surface area contributed by atoms with E-state index in [1.54, 1.807) is 6.07 Å². The average molecular weight is 625 g/mol. The summed E-state index contributed by atoms with van der Waals surface area (Å²) in [5.41, 5.74) is 2.81. The fourth-order valence-electron chi connectivity index (χ4n) is 6.00. The van der Waals surface area contributed by atoms with Crippen LogP contribution in [0.25, 0.3) is 22.0 Å². The summed E-state index contributed by atoms with van der Waals surface area (Å²) in [6.07, 6.45) is 3.82. The number of fused-ring (bicyclic) bond motifs is 2. The Balaban J connectivity index is 1.32. The van der Waals surface area contributed by atoms with Crippen LogP contribution in [0.1, 0.15) is 36.9 Å². The highest BCUT2D eigenvalue weighted by Crippen LogP contribution is 2.45. The molecule has 2 aliphatic heterocycles. The minimum atomic E-state index is -1.97. The van der Waals surface area contributed by atoms with Crippen molar-refractivity contribution in [2.75, 3.05) is 51.6 Å². The highest BCUT2D eigenvalue weighted by atomic mass is 19.1. The third-order valence-corrected chi connectivity index (χ3v) is 8.61. The van der Waals surface area contributed by atoms with Gasteiger partial charge in [0.05, 0.1) is 16.5 Å². The number of ether oxygens (including phenoxy) is 1. The molecule has 1 fully saturated rings. The first-order chi connectivity index (χ1) is 21.4. The quantitative estimate of drug-likeness (QED) is 0.141. The van der Waals surface area contributed by atoms with Crippen LogP contribution in [0.5, 0.6) is 5.75 Å². The number of hydrogen-bond donors (Lipinski definition) is 4. The van der Waals surface area contributed by atoms with Gasteiger partial charge < -0.3 is 15.0 Å². The standard InChI is InChI=1S/C32H37F3N7O3/c1-5-18-12-22-26(40(2)3)17-45-31(22)27(13-18)42(43,44)39-25-7-6-23(33)28(29(25)35)19-14-20-16-36-32(38-30(20)24(34)15-19)37-21-8-10-41(4)11-9-21/h6-7,12-16,21,26,39,43-44H,5,8-11,17H2,1-4H3,(H,36,37,38)/q+1. The molecule has 1 saturated heterocycles. The summed E-state index contributed by atoms with van der Waals surface area (Å²) in [5.74, 6) is -2.34. The van der Waals surface area contributed by atoms with Crippen LogP contribution in [-0.4, -0.2) is 77.1 Å². The predicted octanol–water partition coefficient (Wildman–Crippen LogP) is 5.89. The third-order valence-electron chi connectivity index (χ3n) is 8.61. The zero-order chi connectivity index (χ0) is 32.0. The zero-order valence-corrected chi connectivity index (χ0v) is 25.6. The zero-order valence-electron chi connectivity index (χ0n) is 25.6. The fourth-order valence-corrected chi connectivity index (χ4v) is 6.00. The number of anilines is 2. The van der Waals surface area contributed by atoms with Gasteiger partial charge in [-0.05, 0) is 95.0 Å². The van der Waals surface area contributed by atoms with Crippen molar-refractivity contribution in [1.29, 1.82) is 0 Å². The second-order valence-corrected chi connectivity index (χ2v) is 12.0. The van der Waals surface area contributed by atoms with Crippen molar-refractivity contribution in [2.45, 2.75) is 38.3 Å².